The molecule has 0 fully saturated rings. The molecular formula is C23H26F6N4O4. The first-order valence-corrected chi connectivity index (χ1v) is 10.8. The van der Waals surface area contributed by atoms with E-state index in [2.05, 4.69) is 20.4 Å². The molecular weight excluding hydrogens is 510 g/mol. The van der Waals surface area contributed by atoms with Crippen molar-refractivity contribution >= 4 is 12.0 Å². The van der Waals surface area contributed by atoms with E-state index in [9.17, 15) is 41.0 Å². The Labute approximate surface area is 208 Å². The summed E-state index contributed by atoms with van der Waals surface area (Å²) < 4.78 is 86.4. The van der Waals surface area contributed by atoms with Gasteiger partial charge in [0.15, 0.2) is 0 Å². The normalized spacial score (nSPS) is 13.6. The second-order valence-corrected chi connectivity index (χ2v) is 8.60. The summed E-state index contributed by atoms with van der Waals surface area (Å²) in [5, 5.41) is 16.6. The molecule has 2 aromatic rings. The summed E-state index contributed by atoms with van der Waals surface area (Å²) in [4.78, 5) is 27.6. The number of amides is 2. The van der Waals surface area contributed by atoms with Crippen LogP contribution < -0.4 is 16.0 Å². The molecule has 1 unspecified atom stereocenters. The van der Waals surface area contributed by atoms with Gasteiger partial charge in [-0.15, -0.1) is 0 Å². The lowest BCUT2D eigenvalue weighted by Gasteiger charge is -2.35. The first kappa shape index (κ1) is 29.8. The number of nitrogens with one attached hydrogen (secondary N) is 3. The van der Waals surface area contributed by atoms with Crippen molar-refractivity contribution in [2.24, 2.45) is 5.41 Å². The van der Waals surface area contributed by atoms with Gasteiger partial charge in [0.05, 0.1) is 30.5 Å². The van der Waals surface area contributed by atoms with E-state index in [-0.39, 0.29) is 29.9 Å². The molecule has 0 saturated carbocycles. The van der Waals surface area contributed by atoms with Gasteiger partial charge in [0, 0.05) is 30.8 Å². The number of carbonyl (C=O) groups excluding carboxylic acids is 2. The molecule has 37 heavy (non-hydrogen) atoms. The van der Waals surface area contributed by atoms with Gasteiger partial charge in [-0.25, -0.2) is 18.0 Å². The Morgan fingerprint density at radius 1 is 1.08 bits per heavy atom. The maximum atomic E-state index is 14.4. The van der Waals surface area contributed by atoms with Gasteiger partial charge >= 0.3 is 12.3 Å². The number of methoxy groups -OCH3 is 1. The number of aliphatic hydroxyl groups excluding tert-OH is 1. The number of aliphatic hydroxyl groups is 1. The largest absolute Gasteiger partial charge is 0.453 e. The summed E-state index contributed by atoms with van der Waals surface area (Å²) in [6.07, 6.45) is -6.58. The molecule has 0 aliphatic heterocycles. The number of aromatic nitrogens is 1. The summed E-state index contributed by atoms with van der Waals surface area (Å²) in [5.41, 5.74) is -2.81. The zero-order valence-corrected chi connectivity index (χ0v) is 20.0. The van der Waals surface area contributed by atoms with Crippen molar-refractivity contribution in [2.75, 3.05) is 20.2 Å². The number of benzene rings is 1. The van der Waals surface area contributed by atoms with Crippen LogP contribution in [0.5, 0.6) is 0 Å². The van der Waals surface area contributed by atoms with E-state index < -0.39 is 59.7 Å². The predicted molar refractivity (Wildman–Crippen MR) is 119 cm³/mol. The Morgan fingerprint density at radius 3 is 2.22 bits per heavy atom. The Kier molecular flexibility index (Phi) is 9.87. The topological polar surface area (TPSA) is 113 Å². The minimum atomic E-state index is -4.87. The molecule has 204 valence electrons. The average molecular weight is 536 g/mol. The molecule has 2 amide bonds. The van der Waals surface area contributed by atoms with Crippen molar-refractivity contribution in [3.05, 3.63) is 53.5 Å². The van der Waals surface area contributed by atoms with Crippen molar-refractivity contribution in [1.29, 1.82) is 0 Å². The minimum absolute atomic E-state index is 0.0818. The van der Waals surface area contributed by atoms with E-state index in [1.54, 1.807) is 0 Å². The zero-order chi connectivity index (χ0) is 28.0. The fourth-order valence-corrected chi connectivity index (χ4v) is 3.14. The van der Waals surface area contributed by atoms with Crippen molar-refractivity contribution in [3.63, 3.8) is 0 Å². The van der Waals surface area contributed by atoms with E-state index >= 15 is 0 Å². The van der Waals surface area contributed by atoms with Gasteiger partial charge in [0.25, 0.3) is 0 Å². The third kappa shape index (κ3) is 7.79. The minimum Gasteiger partial charge on any atom is -0.453 e. The Hall–Kier alpha value is -3.39. The number of alkyl halides is 3. The van der Waals surface area contributed by atoms with Crippen molar-refractivity contribution < 1.29 is 45.8 Å². The SMILES string of the molecule is COC(=O)NC(C(=O)NC[C@@H](O)CNCc1c(F)cc(-c2ccc(F)cn2)cc1F)C(C)(C)C(F)(F)F. The van der Waals surface area contributed by atoms with Gasteiger partial charge in [-0.05, 0) is 38.1 Å². The summed E-state index contributed by atoms with van der Waals surface area (Å²) in [7, 11) is 0.916. The number of hydrogen-bond acceptors (Lipinski definition) is 6. The van der Waals surface area contributed by atoms with Crippen LogP contribution in [0.4, 0.5) is 31.1 Å². The van der Waals surface area contributed by atoms with Crippen LogP contribution in [0.25, 0.3) is 11.3 Å². The number of alkyl carbamates (subject to hydrolysis) is 1. The number of ether oxygens (including phenoxy) is 1. The number of hydrogen-bond donors (Lipinski definition) is 4. The molecule has 0 radical (unpaired) electrons. The fourth-order valence-electron chi connectivity index (χ4n) is 3.14. The highest BCUT2D eigenvalue weighted by Gasteiger charge is 2.55. The molecule has 0 saturated heterocycles. The average Bonchev–Trinajstić information content (AvgIpc) is 2.81. The van der Waals surface area contributed by atoms with Crippen LogP contribution in [0, 0.1) is 22.9 Å². The molecule has 0 aliphatic rings. The number of nitrogens with zero attached hydrogens (tertiary/aromatic N) is 1. The number of rotatable bonds is 10. The first-order valence-electron chi connectivity index (χ1n) is 10.8. The third-order valence-corrected chi connectivity index (χ3v) is 5.52. The highest BCUT2D eigenvalue weighted by molar-refractivity contribution is 5.86. The maximum Gasteiger partial charge on any atom is 0.407 e. The van der Waals surface area contributed by atoms with Gasteiger partial charge in [0.1, 0.15) is 23.5 Å². The molecule has 0 aliphatic carbocycles. The molecule has 1 aromatic heterocycles. The number of carbonyl (C=O) groups is 2. The van der Waals surface area contributed by atoms with E-state index in [0.29, 0.717) is 13.8 Å². The van der Waals surface area contributed by atoms with E-state index in [1.165, 1.54) is 6.07 Å². The van der Waals surface area contributed by atoms with E-state index in [4.69, 9.17) is 0 Å². The van der Waals surface area contributed by atoms with Crippen molar-refractivity contribution in [1.82, 2.24) is 20.9 Å². The Balaban J connectivity index is 1.96. The lowest BCUT2D eigenvalue weighted by Crippen LogP contribution is -2.60. The Bertz CT molecular complexity index is 1070. The van der Waals surface area contributed by atoms with Crippen molar-refractivity contribution in [3.8, 4) is 11.3 Å². The second kappa shape index (κ2) is 12.2. The predicted octanol–water partition coefficient (Wildman–Crippen LogP) is 3.05. The zero-order valence-electron chi connectivity index (χ0n) is 20.0. The van der Waals surface area contributed by atoms with Crippen LogP contribution in [0.15, 0.2) is 30.5 Å². The Morgan fingerprint density at radius 2 is 1.70 bits per heavy atom. The fraction of sp³-hybridized carbons (Fsp3) is 0.435. The molecule has 2 rings (SSSR count). The van der Waals surface area contributed by atoms with Gasteiger partial charge in [-0.3, -0.25) is 9.78 Å². The second-order valence-electron chi connectivity index (χ2n) is 8.60. The van der Waals surface area contributed by atoms with Crippen LogP contribution in [0.1, 0.15) is 19.4 Å². The molecule has 1 aromatic carbocycles. The van der Waals surface area contributed by atoms with Gasteiger partial charge in [-0.2, -0.15) is 13.2 Å². The molecule has 1 heterocycles. The van der Waals surface area contributed by atoms with Gasteiger partial charge in [0.2, 0.25) is 5.91 Å². The van der Waals surface area contributed by atoms with Gasteiger partial charge < -0.3 is 25.8 Å². The molecule has 2 atom stereocenters. The lowest BCUT2D eigenvalue weighted by molar-refractivity contribution is -0.220. The monoisotopic (exact) mass is 536 g/mol. The summed E-state index contributed by atoms with van der Waals surface area (Å²) >= 11 is 0. The molecule has 0 bridgehead atoms. The molecule has 4 N–H and O–H groups in total. The van der Waals surface area contributed by atoms with E-state index in [0.717, 1.165) is 31.5 Å². The summed E-state index contributed by atoms with van der Waals surface area (Å²) in [5.74, 6) is -3.70. The van der Waals surface area contributed by atoms with Crippen LogP contribution >= 0.6 is 0 Å². The van der Waals surface area contributed by atoms with E-state index in [1.807, 2.05) is 5.32 Å². The van der Waals surface area contributed by atoms with Gasteiger partial charge in [-0.1, -0.05) is 0 Å². The maximum absolute atomic E-state index is 14.4. The standard InChI is InChI=1S/C23H26F6N4O4/c1-22(2,23(27,28)29)19(33-21(36)37-3)20(35)32-10-14(34)9-30-11-15-16(25)6-12(7-17(15)26)18-5-4-13(24)8-31-18/h4-8,14,19,30,34H,9-11H2,1-3H3,(H,32,35)(H,33,36)/t14-,19?/m0/s1. The summed E-state index contributed by atoms with van der Waals surface area (Å²) in [6, 6.07) is 2.29. The molecule has 0 spiro atoms. The highest BCUT2D eigenvalue weighted by Crippen LogP contribution is 2.40. The molecule has 14 heteroatoms. The van der Waals surface area contributed by atoms with Crippen LogP contribution in [-0.2, 0) is 16.1 Å². The molecule has 8 nitrogen and oxygen atoms in total. The number of halogens is 6. The lowest BCUT2D eigenvalue weighted by atomic mass is 9.83. The third-order valence-electron chi connectivity index (χ3n) is 5.52. The first-order chi connectivity index (χ1) is 17.2. The van der Waals surface area contributed by atoms with Crippen LogP contribution in [0.2, 0.25) is 0 Å². The number of pyridine rings is 1. The van der Waals surface area contributed by atoms with Crippen molar-refractivity contribution in [2.45, 2.75) is 38.7 Å². The quantitative estimate of drug-likeness (QED) is 0.348. The van der Waals surface area contributed by atoms with Crippen LogP contribution in [-0.4, -0.2) is 60.6 Å². The van der Waals surface area contributed by atoms with Crippen LogP contribution in [0.3, 0.4) is 0 Å². The highest BCUT2D eigenvalue weighted by atomic mass is 19.4. The smallest absolute Gasteiger partial charge is 0.407 e. The summed E-state index contributed by atoms with van der Waals surface area (Å²) in [6.45, 7) is 0.238.